The van der Waals surface area contributed by atoms with Gasteiger partial charge in [-0.15, -0.1) is 11.3 Å². The van der Waals surface area contributed by atoms with Crippen LogP contribution in [-0.4, -0.2) is 40.1 Å². The van der Waals surface area contributed by atoms with Gasteiger partial charge in [-0.2, -0.15) is 5.10 Å². The number of anilines is 1. The van der Waals surface area contributed by atoms with Crippen molar-refractivity contribution in [1.82, 2.24) is 19.9 Å². The second-order valence-electron chi connectivity index (χ2n) is 8.03. The van der Waals surface area contributed by atoms with E-state index in [1.807, 2.05) is 47.1 Å². The van der Waals surface area contributed by atoms with Gasteiger partial charge >= 0.3 is 0 Å². The standard InChI is InChI=1S/C24H24ClN5OS/c25-19-6-1-4-17(14-19)21-15-22-23(26-10-12-30(22)28-21)29-11-2-5-18(16-29)24(31)27-9-8-20-7-3-13-32-20/h1,3-4,6-7,10,12-15,18H,2,5,8-9,11,16H2,(H,27,31)/t18-/m0/s1. The van der Waals surface area contributed by atoms with Crippen molar-refractivity contribution in [1.29, 1.82) is 0 Å². The normalized spacial score (nSPS) is 16.4. The molecular formula is C24H24ClN5OS. The number of carbonyl (C=O) groups excluding carboxylic acids is 1. The number of halogens is 1. The third kappa shape index (κ3) is 4.49. The molecule has 1 saturated heterocycles. The largest absolute Gasteiger partial charge is 0.355 e. The van der Waals surface area contributed by atoms with Gasteiger partial charge in [-0.05, 0) is 48.9 Å². The fraction of sp³-hybridized carbons (Fsp3) is 0.292. The number of fused-ring (bicyclic) bond motifs is 1. The molecule has 5 rings (SSSR count). The molecule has 1 N–H and O–H groups in total. The van der Waals surface area contributed by atoms with Crippen LogP contribution in [0.1, 0.15) is 17.7 Å². The van der Waals surface area contributed by atoms with E-state index >= 15 is 0 Å². The molecule has 0 aliphatic carbocycles. The van der Waals surface area contributed by atoms with E-state index in [0.717, 1.165) is 48.4 Å². The molecule has 0 unspecified atom stereocenters. The van der Waals surface area contributed by atoms with Crippen LogP contribution in [0.4, 0.5) is 5.82 Å². The third-order valence-electron chi connectivity index (χ3n) is 5.83. The molecule has 0 saturated carbocycles. The topological polar surface area (TPSA) is 62.5 Å². The summed E-state index contributed by atoms with van der Waals surface area (Å²) in [6, 6.07) is 13.9. The van der Waals surface area contributed by atoms with Crippen molar-refractivity contribution in [2.75, 3.05) is 24.5 Å². The fourth-order valence-electron chi connectivity index (χ4n) is 4.23. The van der Waals surface area contributed by atoms with E-state index in [-0.39, 0.29) is 11.8 Å². The smallest absolute Gasteiger partial charge is 0.224 e. The number of thiophene rings is 1. The Labute approximate surface area is 195 Å². The number of rotatable bonds is 6. The van der Waals surface area contributed by atoms with Crippen LogP contribution in [-0.2, 0) is 11.2 Å². The zero-order valence-corrected chi connectivity index (χ0v) is 19.1. The predicted molar refractivity (Wildman–Crippen MR) is 129 cm³/mol. The van der Waals surface area contributed by atoms with E-state index in [1.165, 1.54) is 4.88 Å². The molecule has 3 aromatic heterocycles. The van der Waals surface area contributed by atoms with E-state index in [4.69, 9.17) is 16.7 Å². The highest BCUT2D eigenvalue weighted by Gasteiger charge is 2.27. The number of hydrogen-bond donors (Lipinski definition) is 1. The zero-order chi connectivity index (χ0) is 21.9. The maximum absolute atomic E-state index is 12.8. The summed E-state index contributed by atoms with van der Waals surface area (Å²) in [5, 5.41) is 10.6. The number of nitrogens with one attached hydrogen (secondary N) is 1. The van der Waals surface area contributed by atoms with Crippen LogP contribution in [0.25, 0.3) is 16.8 Å². The van der Waals surface area contributed by atoms with E-state index in [0.29, 0.717) is 18.1 Å². The molecule has 8 heteroatoms. The molecule has 164 valence electrons. The van der Waals surface area contributed by atoms with E-state index in [1.54, 1.807) is 17.5 Å². The highest BCUT2D eigenvalue weighted by atomic mass is 35.5. The lowest BCUT2D eigenvalue weighted by Crippen LogP contribution is -2.44. The van der Waals surface area contributed by atoms with E-state index < -0.39 is 0 Å². The quantitative estimate of drug-likeness (QED) is 0.449. The van der Waals surface area contributed by atoms with Crippen LogP contribution in [0, 0.1) is 5.92 Å². The van der Waals surface area contributed by atoms with Crippen molar-refractivity contribution in [3.05, 3.63) is 70.1 Å². The van der Waals surface area contributed by atoms with Gasteiger partial charge in [0, 0.05) is 47.5 Å². The number of benzene rings is 1. The molecule has 0 spiro atoms. The first kappa shape index (κ1) is 21.0. The summed E-state index contributed by atoms with van der Waals surface area (Å²) in [4.78, 5) is 21.0. The van der Waals surface area contributed by atoms with Gasteiger partial charge in [0.05, 0.1) is 11.6 Å². The Morgan fingerprint density at radius 1 is 1.25 bits per heavy atom. The monoisotopic (exact) mass is 465 g/mol. The van der Waals surface area contributed by atoms with Crippen LogP contribution < -0.4 is 10.2 Å². The average Bonchev–Trinajstić information content (AvgIpc) is 3.49. The summed E-state index contributed by atoms with van der Waals surface area (Å²) in [5.74, 6) is 0.958. The number of carbonyl (C=O) groups is 1. The maximum Gasteiger partial charge on any atom is 0.224 e. The molecule has 1 amide bonds. The lowest BCUT2D eigenvalue weighted by atomic mass is 9.97. The number of nitrogens with zero attached hydrogens (tertiary/aromatic N) is 4. The van der Waals surface area contributed by atoms with E-state index in [2.05, 4.69) is 26.6 Å². The van der Waals surface area contributed by atoms with Gasteiger partial charge in [0.1, 0.15) is 5.52 Å². The minimum atomic E-state index is -0.0375. The van der Waals surface area contributed by atoms with Gasteiger partial charge in [0.25, 0.3) is 0 Å². The molecule has 4 aromatic rings. The lowest BCUT2D eigenvalue weighted by molar-refractivity contribution is -0.125. The van der Waals surface area contributed by atoms with Crippen molar-refractivity contribution in [2.45, 2.75) is 19.3 Å². The second kappa shape index (κ2) is 9.30. The molecule has 1 fully saturated rings. The van der Waals surface area contributed by atoms with Crippen LogP contribution in [0.2, 0.25) is 5.02 Å². The molecule has 1 atom stereocenters. The summed E-state index contributed by atoms with van der Waals surface area (Å²) in [6.07, 6.45) is 6.36. The minimum absolute atomic E-state index is 0.0375. The van der Waals surface area contributed by atoms with Crippen LogP contribution in [0.5, 0.6) is 0 Å². The Hall–Kier alpha value is -2.90. The minimum Gasteiger partial charge on any atom is -0.355 e. The van der Waals surface area contributed by atoms with Crippen LogP contribution in [0.15, 0.2) is 60.2 Å². The number of aromatic nitrogens is 3. The van der Waals surface area contributed by atoms with Crippen molar-refractivity contribution >= 4 is 40.2 Å². The highest BCUT2D eigenvalue weighted by molar-refractivity contribution is 7.09. The van der Waals surface area contributed by atoms with Crippen molar-refractivity contribution in [3.8, 4) is 11.3 Å². The Morgan fingerprint density at radius 2 is 2.19 bits per heavy atom. The maximum atomic E-state index is 12.8. The van der Waals surface area contributed by atoms with Crippen LogP contribution >= 0.6 is 22.9 Å². The number of amides is 1. The predicted octanol–water partition coefficient (Wildman–Crippen LogP) is 4.69. The van der Waals surface area contributed by atoms with Crippen molar-refractivity contribution < 1.29 is 4.79 Å². The Balaban J connectivity index is 1.31. The highest BCUT2D eigenvalue weighted by Crippen LogP contribution is 2.29. The van der Waals surface area contributed by atoms with Crippen molar-refractivity contribution in [3.63, 3.8) is 0 Å². The molecule has 6 nitrogen and oxygen atoms in total. The van der Waals surface area contributed by atoms with Gasteiger partial charge in [-0.25, -0.2) is 9.50 Å². The first-order chi connectivity index (χ1) is 15.7. The van der Waals surface area contributed by atoms with Crippen molar-refractivity contribution in [2.24, 2.45) is 5.92 Å². The molecule has 0 bridgehead atoms. The van der Waals surface area contributed by atoms with E-state index in [9.17, 15) is 4.79 Å². The Bertz CT molecular complexity index is 1220. The third-order valence-corrected chi connectivity index (χ3v) is 7.00. The second-order valence-corrected chi connectivity index (χ2v) is 9.49. The van der Waals surface area contributed by atoms with Gasteiger partial charge in [0.15, 0.2) is 5.82 Å². The molecule has 32 heavy (non-hydrogen) atoms. The molecule has 0 radical (unpaired) electrons. The summed E-state index contributed by atoms with van der Waals surface area (Å²) in [5.41, 5.74) is 2.75. The molecule has 1 aromatic carbocycles. The average molecular weight is 466 g/mol. The number of piperidine rings is 1. The first-order valence-corrected chi connectivity index (χ1v) is 12.1. The van der Waals surface area contributed by atoms with Gasteiger partial charge in [-0.1, -0.05) is 29.8 Å². The molecule has 1 aliphatic rings. The first-order valence-electron chi connectivity index (χ1n) is 10.8. The Kier molecular flexibility index (Phi) is 6.10. The van der Waals surface area contributed by atoms with Gasteiger partial charge in [0.2, 0.25) is 5.91 Å². The Morgan fingerprint density at radius 3 is 3.03 bits per heavy atom. The zero-order valence-electron chi connectivity index (χ0n) is 17.6. The lowest BCUT2D eigenvalue weighted by Gasteiger charge is -2.33. The fourth-order valence-corrected chi connectivity index (χ4v) is 5.13. The van der Waals surface area contributed by atoms with Gasteiger partial charge in [-0.3, -0.25) is 4.79 Å². The molecule has 1 aliphatic heterocycles. The summed E-state index contributed by atoms with van der Waals surface area (Å²) in [6.45, 7) is 2.22. The summed E-state index contributed by atoms with van der Waals surface area (Å²) < 4.78 is 1.85. The van der Waals surface area contributed by atoms with Gasteiger partial charge < -0.3 is 10.2 Å². The number of hydrogen-bond acceptors (Lipinski definition) is 5. The van der Waals surface area contributed by atoms with Crippen LogP contribution in [0.3, 0.4) is 0 Å². The summed E-state index contributed by atoms with van der Waals surface area (Å²) >= 11 is 7.89. The molecule has 4 heterocycles. The molecular weight excluding hydrogens is 442 g/mol. The summed E-state index contributed by atoms with van der Waals surface area (Å²) in [7, 11) is 0. The SMILES string of the molecule is O=C(NCCc1cccs1)[C@H]1CCCN(c2nccn3nc(-c4cccc(Cl)c4)cc23)C1.